The van der Waals surface area contributed by atoms with Gasteiger partial charge < -0.3 is 19.4 Å². The molecule has 1 N–H and O–H groups in total. The molecule has 0 bridgehead atoms. The van der Waals surface area contributed by atoms with Crippen LogP contribution >= 0.6 is 27.0 Å². The van der Waals surface area contributed by atoms with E-state index < -0.39 is 12.1 Å². The van der Waals surface area contributed by atoms with Crippen LogP contribution in [-0.4, -0.2) is 53.8 Å². The summed E-state index contributed by atoms with van der Waals surface area (Å²) in [5.41, 5.74) is 0.397. The summed E-state index contributed by atoms with van der Waals surface area (Å²) in [6, 6.07) is 0.471. The van der Waals surface area contributed by atoms with Crippen LogP contribution < -0.4 is 5.32 Å². The number of fused-ring (bicyclic) bond motifs is 1. The maximum Gasteiger partial charge on any atom is 0.255 e. The van der Waals surface area contributed by atoms with Crippen molar-refractivity contribution in [3.63, 3.8) is 0 Å². The van der Waals surface area contributed by atoms with Crippen molar-refractivity contribution in [1.29, 1.82) is 0 Å². The van der Waals surface area contributed by atoms with Crippen LogP contribution in [0, 0.1) is 5.92 Å². The minimum absolute atomic E-state index is 0. The predicted molar refractivity (Wildman–Crippen MR) is 112 cm³/mol. The SMILES string of the molecule is O=C(N[C@@H](CC1CCCC1)C(=O)N1CC[C@H]2OCC(=O)[C@H]21)c1ccoc1.S.S. The molecule has 9 heteroatoms. The number of rotatable bonds is 5. The maximum absolute atomic E-state index is 13.2. The highest BCUT2D eigenvalue weighted by Crippen LogP contribution is 2.31. The van der Waals surface area contributed by atoms with Crippen LogP contribution in [-0.2, 0) is 14.3 Å². The van der Waals surface area contributed by atoms with E-state index in [1.165, 1.54) is 25.4 Å². The number of amides is 2. The summed E-state index contributed by atoms with van der Waals surface area (Å²) >= 11 is 0. The Morgan fingerprint density at radius 3 is 2.64 bits per heavy atom. The summed E-state index contributed by atoms with van der Waals surface area (Å²) in [5, 5.41) is 2.88. The molecule has 0 spiro atoms. The zero-order chi connectivity index (χ0) is 18.1. The maximum atomic E-state index is 13.2. The van der Waals surface area contributed by atoms with E-state index in [1.807, 2.05) is 0 Å². The van der Waals surface area contributed by atoms with Gasteiger partial charge in [0.15, 0.2) is 5.78 Å². The number of ketones is 1. The molecule has 2 amide bonds. The molecule has 1 aromatic rings. The molecule has 28 heavy (non-hydrogen) atoms. The molecule has 156 valence electrons. The minimum atomic E-state index is -0.618. The molecule has 3 heterocycles. The Morgan fingerprint density at radius 1 is 1.21 bits per heavy atom. The normalized spacial score (nSPS) is 25.0. The molecule has 0 radical (unpaired) electrons. The van der Waals surface area contributed by atoms with Crippen molar-refractivity contribution in [2.75, 3.05) is 13.2 Å². The number of likely N-dealkylation sites (tertiary alicyclic amines) is 1. The van der Waals surface area contributed by atoms with Gasteiger partial charge in [0.1, 0.15) is 25.0 Å². The van der Waals surface area contributed by atoms with Gasteiger partial charge in [0.05, 0.1) is 17.9 Å². The Bertz CT molecular complexity index is 691. The van der Waals surface area contributed by atoms with Gasteiger partial charge >= 0.3 is 0 Å². The molecule has 3 fully saturated rings. The van der Waals surface area contributed by atoms with Gasteiger partial charge in [0.25, 0.3) is 5.91 Å². The fourth-order valence-corrected chi connectivity index (χ4v) is 4.48. The fraction of sp³-hybridized carbons (Fsp3) is 0.632. The standard InChI is InChI=1S/C19H24N2O5.2H2S/c22-15-11-26-16-5-7-21(17(15)16)19(24)14(9-12-3-1-2-4-12)20-18(23)13-6-8-25-10-13;;/h6,8,10,12,14,16-17H,1-5,7,9,11H2,(H,20,23);2*1H2/t14-,16+,17+;;/m0../s1. The lowest BCUT2D eigenvalue weighted by Gasteiger charge is -2.28. The van der Waals surface area contributed by atoms with Crippen LogP contribution in [0.5, 0.6) is 0 Å². The average molecular weight is 429 g/mol. The second-order valence-electron chi connectivity index (χ2n) is 7.51. The van der Waals surface area contributed by atoms with Crippen LogP contribution in [0.1, 0.15) is 48.9 Å². The van der Waals surface area contributed by atoms with E-state index in [-0.39, 0.29) is 57.3 Å². The summed E-state index contributed by atoms with van der Waals surface area (Å²) in [4.78, 5) is 39.4. The molecule has 4 rings (SSSR count). The molecule has 7 nitrogen and oxygen atoms in total. The Balaban J connectivity index is 0.00000140. The first-order chi connectivity index (χ1) is 12.6. The Labute approximate surface area is 178 Å². The fourth-order valence-electron chi connectivity index (χ4n) is 4.48. The highest BCUT2D eigenvalue weighted by Gasteiger charge is 2.48. The third-order valence-corrected chi connectivity index (χ3v) is 5.83. The second kappa shape index (κ2) is 9.84. The van der Waals surface area contributed by atoms with Crippen LogP contribution in [0.25, 0.3) is 0 Å². The second-order valence-corrected chi connectivity index (χ2v) is 7.51. The monoisotopic (exact) mass is 428 g/mol. The molecule has 1 saturated carbocycles. The number of hydrogen-bond donors (Lipinski definition) is 1. The first kappa shape index (κ1) is 22.8. The molecule has 0 aromatic carbocycles. The Hall–Kier alpha value is -1.45. The largest absolute Gasteiger partial charge is 0.472 e. The predicted octanol–water partition coefficient (Wildman–Crippen LogP) is 1.75. The number of furan rings is 1. The van der Waals surface area contributed by atoms with Gasteiger partial charge in [-0.2, -0.15) is 27.0 Å². The summed E-state index contributed by atoms with van der Waals surface area (Å²) in [6.45, 7) is 0.580. The molecular weight excluding hydrogens is 400 g/mol. The van der Waals surface area contributed by atoms with E-state index in [1.54, 1.807) is 11.0 Å². The number of carbonyl (C=O) groups excluding carboxylic acids is 3. The van der Waals surface area contributed by atoms with Crippen molar-refractivity contribution in [2.45, 2.75) is 56.7 Å². The Kier molecular flexibility index (Phi) is 8.03. The molecule has 1 aromatic heterocycles. The van der Waals surface area contributed by atoms with Gasteiger partial charge in [-0.25, -0.2) is 0 Å². The van der Waals surface area contributed by atoms with E-state index in [2.05, 4.69) is 5.32 Å². The highest BCUT2D eigenvalue weighted by atomic mass is 32.1. The van der Waals surface area contributed by atoms with Crippen molar-refractivity contribution in [3.05, 3.63) is 24.2 Å². The van der Waals surface area contributed by atoms with Crippen molar-refractivity contribution in [2.24, 2.45) is 5.92 Å². The molecule has 3 aliphatic rings. The zero-order valence-corrected chi connectivity index (χ0v) is 17.7. The zero-order valence-electron chi connectivity index (χ0n) is 15.7. The Morgan fingerprint density at radius 2 is 1.96 bits per heavy atom. The van der Waals surface area contributed by atoms with E-state index in [0.29, 0.717) is 30.9 Å². The lowest BCUT2D eigenvalue weighted by Crippen LogP contribution is -2.52. The van der Waals surface area contributed by atoms with Crippen molar-refractivity contribution in [1.82, 2.24) is 10.2 Å². The number of ether oxygens (including phenoxy) is 1. The summed E-state index contributed by atoms with van der Waals surface area (Å²) in [5.74, 6) is -0.0934. The van der Waals surface area contributed by atoms with Crippen LogP contribution in [0.2, 0.25) is 0 Å². The number of Topliss-reactive ketones (excluding diaryl/α,β-unsaturated/α-hetero) is 1. The highest BCUT2D eigenvalue weighted by molar-refractivity contribution is 7.59. The van der Waals surface area contributed by atoms with E-state index in [0.717, 1.165) is 12.8 Å². The summed E-state index contributed by atoms with van der Waals surface area (Å²) < 4.78 is 10.4. The van der Waals surface area contributed by atoms with Crippen LogP contribution in [0.4, 0.5) is 0 Å². The number of carbonyl (C=O) groups is 3. The molecule has 2 aliphatic heterocycles. The average Bonchev–Trinajstić information content (AvgIpc) is 3.41. The van der Waals surface area contributed by atoms with E-state index >= 15 is 0 Å². The summed E-state index contributed by atoms with van der Waals surface area (Å²) in [6.07, 6.45) is 8.40. The summed E-state index contributed by atoms with van der Waals surface area (Å²) in [7, 11) is 0. The molecular formula is C19H28N2O5S2. The first-order valence-corrected chi connectivity index (χ1v) is 9.41. The molecule has 1 aliphatic carbocycles. The lowest BCUT2D eigenvalue weighted by atomic mass is 9.96. The van der Waals surface area contributed by atoms with Crippen LogP contribution in [0.15, 0.2) is 23.0 Å². The van der Waals surface area contributed by atoms with E-state index in [4.69, 9.17) is 9.15 Å². The molecule has 3 atom stereocenters. The first-order valence-electron chi connectivity index (χ1n) is 9.41. The number of nitrogens with one attached hydrogen (secondary N) is 1. The van der Waals surface area contributed by atoms with Crippen LogP contribution in [0.3, 0.4) is 0 Å². The quantitative estimate of drug-likeness (QED) is 0.772. The van der Waals surface area contributed by atoms with Gasteiger partial charge in [-0.3, -0.25) is 14.4 Å². The van der Waals surface area contributed by atoms with Crippen molar-refractivity contribution < 1.29 is 23.5 Å². The topological polar surface area (TPSA) is 88.9 Å². The lowest BCUT2D eigenvalue weighted by molar-refractivity contribution is -0.138. The minimum Gasteiger partial charge on any atom is -0.472 e. The number of hydrogen-bond acceptors (Lipinski definition) is 5. The van der Waals surface area contributed by atoms with Gasteiger partial charge in [-0.05, 0) is 24.8 Å². The third-order valence-electron chi connectivity index (χ3n) is 5.83. The van der Waals surface area contributed by atoms with Crippen molar-refractivity contribution in [3.8, 4) is 0 Å². The molecule has 0 unspecified atom stereocenters. The number of nitrogens with zero attached hydrogens (tertiary/aromatic N) is 1. The third kappa shape index (κ3) is 4.58. The van der Waals surface area contributed by atoms with Gasteiger partial charge in [-0.15, -0.1) is 0 Å². The van der Waals surface area contributed by atoms with Crippen molar-refractivity contribution >= 4 is 44.6 Å². The van der Waals surface area contributed by atoms with Gasteiger partial charge in [0, 0.05) is 6.54 Å². The molecule has 2 saturated heterocycles. The van der Waals surface area contributed by atoms with Gasteiger partial charge in [0.2, 0.25) is 5.91 Å². The van der Waals surface area contributed by atoms with Gasteiger partial charge in [-0.1, -0.05) is 25.7 Å². The van der Waals surface area contributed by atoms with E-state index in [9.17, 15) is 14.4 Å². The smallest absolute Gasteiger partial charge is 0.255 e.